The van der Waals surface area contributed by atoms with Gasteiger partial charge in [-0.3, -0.25) is 0 Å². The first-order valence-electron chi connectivity index (χ1n) is 6.62. The summed E-state index contributed by atoms with van der Waals surface area (Å²) >= 11 is 0. The van der Waals surface area contributed by atoms with Crippen LogP contribution in [0.3, 0.4) is 0 Å². The molecule has 1 saturated heterocycles. The summed E-state index contributed by atoms with van der Waals surface area (Å²) in [5, 5.41) is 12.6. The van der Waals surface area contributed by atoms with Gasteiger partial charge in [-0.2, -0.15) is 0 Å². The maximum absolute atomic E-state index is 11.2. The Morgan fingerprint density at radius 2 is 2.00 bits per heavy atom. The van der Waals surface area contributed by atoms with E-state index in [4.69, 9.17) is 0 Å². The predicted molar refractivity (Wildman–Crippen MR) is 72.2 cm³/mol. The van der Waals surface area contributed by atoms with Gasteiger partial charge >= 0.3 is 5.97 Å². The molecule has 0 bridgehead atoms. The smallest absolute Gasteiger partial charge is 0.335 e. The molecule has 3 nitrogen and oxygen atoms in total. The van der Waals surface area contributed by atoms with Crippen LogP contribution in [-0.4, -0.2) is 24.2 Å². The summed E-state index contributed by atoms with van der Waals surface area (Å²) in [6, 6.07) is 4.00. The van der Waals surface area contributed by atoms with Crippen molar-refractivity contribution in [2.24, 2.45) is 5.92 Å². The molecule has 1 aliphatic heterocycles. The number of rotatable bonds is 3. The lowest BCUT2D eigenvalue weighted by Crippen LogP contribution is -2.28. The number of piperidine rings is 1. The van der Waals surface area contributed by atoms with Crippen LogP contribution in [0.25, 0.3) is 0 Å². The van der Waals surface area contributed by atoms with Gasteiger partial charge in [0.25, 0.3) is 0 Å². The summed E-state index contributed by atoms with van der Waals surface area (Å²) in [5.74, 6) is -0.127. The SMILES string of the molecule is Cc1cc(CC2CCNCC2)cc(C(=O)O)c1C. The van der Waals surface area contributed by atoms with E-state index in [1.165, 1.54) is 18.4 Å². The van der Waals surface area contributed by atoms with E-state index in [-0.39, 0.29) is 0 Å². The summed E-state index contributed by atoms with van der Waals surface area (Å²) in [4.78, 5) is 11.2. The summed E-state index contributed by atoms with van der Waals surface area (Å²) < 4.78 is 0. The molecule has 1 aromatic rings. The topological polar surface area (TPSA) is 49.3 Å². The molecule has 1 aromatic carbocycles. The summed E-state index contributed by atoms with van der Waals surface area (Å²) in [6.45, 7) is 6.05. The van der Waals surface area contributed by atoms with Gasteiger partial charge in [0, 0.05) is 0 Å². The van der Waals surface area contributed by atoms with Gasteiger partial charge in [-0.25, -0.2) is 4.79 Å². The van der Waals surface area contributed by atoms with Gasteiger partial charge in [0.1, 0.15) is 0 Å². The number of aryl methyl sites for hydroxylation is 1. The molecular weight excluding hydrogens is 226 g/mol. The van der Waals surface area contributed by atoms with Gasteiger partial charge in [0.15, 0.2) is 0 Å². The first kappa shape index (κ1) is 13.1. The van der Waals surface area contributed by atoms with Crippen LogP contribution in [-0.2, 0) is 6.42 Å². The maximum Gasteiger partial charge on any atom is 0.335 e. The van der Waals surface area contributed by atoms with E-state index in [1.54, 1.807) is 0 Å². The first-order valence-corrected chi connectivity index (χ1v) is 6.62. The fraction of sp³-hybridized carbons (Fsp3) is 0.533. The zero-order valence-corrected chi connectivity index (χ0v) is 11.1. The predicted octanol–water partition coefficient (Wildman–Crippen LogP) is 2.54. The van der Waals surface area contributed by atoms with Crippen molar-refractivity contribution in [1.29, 1.82) is 0 Å². The van der Waals surface area contributed by atoms with Crippen LogP contribution >= 0.6 is 0 Å². The molecule has 0 amide bonds. The molecule has 1 aliphatic rings. The largest absolute Gasteiger partial charge is 0.478 e. The van der Waals surface area contributed by atoms with Crippen LogP contribution in [0.4, 0.5) is 0 Å². The van der Waals surface area contributed by atoms with E-state index >= 15 is 0 Å². The molecule has 0 aromatic heterocycles. The fourth-order valence-electron chi connectivity index (χ4n) is 2.69. The van der Waals surface area contributed by atoms with E-state index in [1.807, 2.05) is 19.9 Å². The maximum atomic E-state index is 11.2. The lowest BCUT2D eigenvalue weighted by molar-refractivity contribution is 0.0696. The minimum Gasteiger partial charge on any atom is -0.478 e. The Morgan fingerprint density at radius 3 is 2.61 bits per heavy atom. The number of benzene rings is 1. The highest BCUT2D eigenvalue weighted by Gasteiger charge is 2.16. The van der Waals surface area contributed by atoms with Crippen molar-refractivity contribution in [1.82, 2.24) is 5.32 Å². The van der Waals surface area contributed by atoms with Crippen molar-refractivity contribution in [2.45, 2.75) is 33.1 Å². The third-order valence-electron chi connectivity index (χ3n) is 3.94. The lowest BCUT2D eigenvalue weighted by atomic mass is 9.88. The molecule has 0 atom stereocenters. The zero-order valence-electron chi connectivity index (χ0n) is 11.1. The highest BCUT2D eigenvalue weighted by Crippen LogP contribution is 2.22. The van der Waals surface area contributed by atoms with Gasteiger partial charge in [-0.15, -0.1) is 0 Å². The molecule has 0 spiro atoms. The third-order valence-corrected chi connectivity index (χ3v) is 3.94. The van der Waals surface area contributed by atoms with Crippen molar-refractivity contribution in [2.75, 3.05) is 13.1 Å². The summed E-state index contributed by atoms with van der Waals surface area (Å²) in [6.07, 6.45) is 3.38. The molecule has 1 fully saturated rings. The Hall–Kier alpha value is -1.35. The Labute approximate surface area is 108 Å². The third kappa shape index (κ3) is 2.91. The van der Waals surface area contributed by atoms with Crippen LogP contribution < -0.4 is 5.32 Å². The number of hydrogen-bond acceptors (Lipinski definition) is 2. The lowest BCUT2D eigenvalue weighted by Gasteiger charge is -2.23. The number of nitrogens with one attached hydrogen (secondary N) is 1. The molecule has 0 radical (unpaired) electrons. The first-order chi connectivity index (χ1) is 8.58. The van der Waals surface area contributed by atoms with Crippen molar-refractivity contribution < 1.29 is 9.90 Å². The minimum atomic E-state index is -0.817. The monoisotopic (exact) mass is 247 g/mol. The number of hydrogen-bond donors (Lipinski definition) is 2. The Balaban J connectivity index is 2.20. The Bertz CT molecular complexity index is 448. The molecule has 18 heavy (non-hydrogen) atoms. The fourth-order valence-corrected chi connectivity index (χ4v) is 2.69. The number of aromatic carboxylic acids is 1. The Morgan fingerprint density at radius 1 is 1.33 bits per heavy atom. The van der Waals surface area contributed by atoms with Gasteiger partial charge < -0.3 is 10.4 Å². The standard InChI is InChI=1S/C15H21NO2/c1-10-7-13(8-12-3-5-16-6-4-12)9-14(11(10)2)15(17)18/h7,9,12,16H,3-6,8H2,1-2H3,(H,17,18). The minimum absolute atomic E-state index is 0.457. The van der Waals surface area contributed by atoms with Crippen LogP contribution in [0.2, 0.25) is 0 Å². The molecular formula is C15H21NO2. The number of carboxylic acids is 1. The number of carbonyl (C=O) groups is 1. The molecule has 0 aliphatic carbocycles. The van der Waals surface area contributed by atoms with Crippen LogP contribution in [0, 0.1) is 19.8 Å². The van der Waals surface area contributed by atoms with Crippen LogP contribution in [0.15, 0.2) is 12.1 Å². The van der Waals surface area contributed by atoms with E-state index in [0.717, 1.165) is 30.6 Å². The molecule has 2 rings (SSSR count). The molecule has 1 heterocycles. The second-order valence-corrected chi connectivity index (χ2v) is 5.29. The summed E-state index contributed by atoms with van der Waals surface area (Å²) in [5.41, 5.74) is 3.59. The molecule has 2 N–H and O–H groups in total. The molecule has 0 unspecified atom stereocenters. The molecule has 98 valence electrons. The second kappa shape index (κ2) is 5.53. The van der Waals surface area contributed by atoms with Gasteiger partial charge in [-0.05, 0) is 74.9 Å². The second-order valence-electron chi connectivity index (χ2n) is 5.29. The average Bonchev–Trinajstić information content (AvgIpc) is 2.34. The Kier molecular flexibility index (Phi) is 4.02. The number of carboxylic acid groups (broad SMARTS) is 1. The van der Waals surface area contributed by atoms with E-state index in [0.29, 0.717) is 11.5 Å². The van der Waals surface area contributed by atoms with Gasteiger partial charge in [0.2, 0.25) is 0 Å². The van der Waals surface area contributed by atoms with Crippen molar-refractivity contribution in [3.63, 3.8) is 0 Å². The van der Waals surface area contributed by atoms with E-state index in [9.17, 15) is 9.90 Å². The van der Waals surface area contributed by atoms with Crippen LogP contribution in [0.1, 0.15) is 39.9 Å². The van der Waals surface area contributed by atoms with E-state index < -0.39 is 5.97 Å². The van der Waals surface area contributed by atoms with Crippen molar-refractivity contribution in [3.8, 4) is 0 Å². The highest BCUT2D eigenvalue weighted by molar-refractivity contribution is 5.90. The highest BCUT2D eigenvalue weighted by atomic mass is 16.4. The normalized spacial score (nSPS) is 16.8. The quantitative estimate of drug-likeness (QED) is 0.863. The van der Waals surface area contributed by atoms with Gasteiger partial charge in [-0.1, -0.05) is 6.07 Å². The molecule has 0 saturated carbocycles. The zero-order chi connectivity index (χ0) is 13.1. The van der Waals surface area contributed by atoms with Crippen LogP contribution in [0.5, 0.6) is 0 Å². The van der Waals surface area contributed by atoms with Crippen molar-refractivity contribution in [3.05, 3.63) is 34.4 Å². The summed E-state index contributed by atoms with van der Waals surface area (Å²) in [7, 11) is 0. The van der Waals surface area contributed by atoms with Crippen molar-refractivity contribution >= 4 is 5.97 Å². The van der Waals surface area contributed by atoms with E-state index in [2.05, 4.69) is 11.4 Å². The molecule has 3 heteroatoms. The average molecular weight is 247 g/mol. The van der Waals surface area contributed by atoms with Gasteiger partial charge in [0.05, 0.1) is 5.56 Å².